The largest absolute Gasteiger partial charge is 0.343 e. The molecule has 8 nitrogen and oxygen atoms in total. The van der Waals surface area contributed by atoms with Gasteiger partial charge in [0.1, 0.15) is 0 Å². The molecule has 0 atom stereocenters. The number of hydrogen-bond acceptors (Lipinski definition) is 5. The second-order valence-electron chi connectivity index (χ2n) is 10.1. The van der Waals surface area contributed by atoms with Gasteiger partial charge in [0.2, 0.25) is 5.91 Å². The Balaban J connectivity index is 1.20. The molecule has 0 unspecified atom stereocenters. The number of carbonyl (C=O) groups excluding carboxylic acids is 4. The smallest absolute Gasteiger partial charge is 0.307 e. The van der Waals surface area contributed by atoms with Crippen LogP contribution in [0.4, 0.5) is 4.79 Å². The maximum absolute atomic E-state index is 13.0. The van der Waals surface area contributed by atoms with Crippen molar-refractivity contribution < 1.29 is 19.2 Å². The quantitative estimate of drug-likeness (QED) is 0.725. The minimum absolute atomic E-state index is 0.0105. The monoisotopic (exact) mass is 422 g/mol. The predicted octanol–water partition coefficient (Wildman–Crippen LogP) is 2.20. The zero-order chi connectivity index (χ0) is 21.3. The highest BCUT2D eigenvalue weighted by Gasteiger charge is 2.50. The van der Waals surface area contributed by atoms with Gasteiger partial charge in [-0.3, -0.25) is 19.7 Å². The van der Waals surface area contributed by atoms with Crippen LogP contribution in [0.15, 0.2) is 18.2 Å². The molecule has 31 heavy (non-hydrogen) atoms. The van der Waals surface area contributed by atoms with Crippen molar-refractivity contribution in [1.29, 1.82) is 0 Å². The normalized spacial score (nSPS) is 33.9. The van der Waals surface area contributed by atoms with E-state index in [4.69, 9.17) is 0 Å². The lowest BCUT2D eigenvalue weighted by atomic mass is 9.53. The average molecular weight is 422 g/mol. The Kier molecular flexibility index (Phi) is 4.06. The van der Waals surface area contributed by atoms with Gasteiger partial charge in [0.05, 0.1) is 17.7 Å². The predicted molar refractivity (Wildman–Crippen MR) is 110 cm³/mol. The third-order valence-corrected chi connectivity index (χ3v) is 7.91. The van der Waals surface area contributed by atoms with Crippen LogP contribution in [-0.2, 0) is 11.3 Å². The average Bonchev–Trinajstić information content (AvgIpc) is 2.96. The molecule has 2 heterocycles. The molecule has 4 bridgehead atoms. The van der Waals surface area contributed by atoms with Gasteiger partial charge < -0.3 is 5.32 Å². The highest BCUT2D eigenvalue weighted by atomic mass is 16.2. The molecule has 5 fully saturated rings. The maximum Gasteiger partial charge on any atom is 0.343 e. The van der Waals surface area contributed by atoms with Gasteiger partial charge in [-0.15, -0.1) is 0 Å². The van der Waals surface area contributed by atoms with E-state index in [2.05, 4.69) is 10.6 Å². The summed E-state index contributed by atoms with van der Waals surface area (Å²) in [5.74, 6) is 1.12. The Morgan fingerprint density at radius 3 is 2.23 bits per heavy atom. The summed E-state index contributed by atoms with van der Waals surface area (Å²) in [6.07, 6.45) is 7.97. The molecule has 0 aromatic heterocycles. The van der Waals surface area contributed by atoms with Crippen LogP contribution in [0.5, 0.6) is 0 Å². The van der Waals surface area contributed by atoms with Gasteiger partial charge in [-0.05, 0) is 74.0 Å². The maximum atomic E-state index is 13.0. The van der Waals surface area contributed by atoms with Crippen LogP contribution in [0, 0.1) is 17.8 Å². The number of amides is 5. The van der Waals surface area contributed by atoms with Crippen molar-refractivity contribution in [1.82, 2.24) is 20.7 Å². The number of carbonyl (C=O) groups is 4. The Morgan fingerprint density at radius 1 is 0.935 bits per heavy atom. The number of imide groups is 2. The zero-order valence-electron chi connectivity index (χ0n) is 17.4. The fourth-order valence-electron chi connectivity index (χ4n) is 6.97. The van der Waals surface area contributed by atoms with E-state index in [0.717, 1.165) is 33.3 Å². The molecule has 4 aliphatic carbocycles. The lowest BCUT2D eigenvalue weighted by Crippen LogP contribution is -2.58. The molecule has 1 saturated heterocycles. The number of hydrogen-bond donors (Lipinski definition) is 2. The van der Waals surface area contributed by atoms with E-state index in [1.54, 1.807) is 12.1 Å². The van der Waals surface area contributed by atoms with Crippen molar-refractivity contribution in [3.63, 3.8) is 0 Å². The Bertz CT molecular complexity index is 984. The molecule has 5 amide bonds. The van der Waals surface area contributed by atoms with Crippen molar-refractivity contribution in [2.45, 2.75) is 57.0 Å². The van der Waals surface area contributed by atoms with Gasteiger partial charge >= 0.3 is 6.03 Å². The van der Waals surface area contributed by atoms with Gasteiger partial charge in [-0.2, -0.15) is 5.01 Å². The van der Waals surface area contributed by atoms with E-state index in [1.165, 1.54) is 38.5 Å². The summed E-state index contributed by atoms with van der Waals surface area (Å²) in [5.41, 5.74) is 1.81. The molecular formula is C23H26N4O4. The fraction of sp³-hybridized carbons (Fsp3) is 0.565. The molecule has 2 aliphatic heterocycles. The molecule has 162 valence electrons. The lowest BCUT2D eigenvalue weighted by Gasteiger charge is -2.57. The number of rotatable bonds is 4. The van der Waals surface area contributed by atoms with Gasteiger partial charge in [-0.1, -0.05) is 6.07 Å². The van der Waals surface area contributed by atoms with Crippen LogP contribution in [0.2, 0.25) is 0 Å². The SMILES string of the molecule is O=C1CCN(N2C(=O)c3ccc(CNC45CC6CC(CC(C6)C4)C5)cc3C2=O)C(=O)N1. The minimum atomic E-state index is -0.741. The molecule has 1 aromatic carbocycles. The van der Waals surface area contributed by atoms with E-state index in [-0.39, 0.29) is 18.5 Å². The Hall–Kier alpha value is -2.74. The molecule has 8 heteroatoms. The summed E-state index contributed by atoms with van der Waals surface area (Å²) >= 11 is 0. The third-order valence-electron chi connectivity index (χ3n) is 7.91. The summed E-state index contributed by atoms with van der Waals surface area (Å²) in [6, 6.07) is 4.60. The number of urea groups is 1. The van der Waals surface area contributed by atoms with Crippen LogP contribution in [-0.4, -0.2) is 45.9 Å². The van der Waals surface area contributed by atoms with Crippen LogP contribution in [0.3, 0.4) is 0 Å². The first-order valence-corrected chi connectivity index (χ1v) is 11.3. The number of fused-ring (bicyclic) bond motifs is 1. The summed E-state index contributed by atoms with van der Waals surface area (Å²) in [7, 11) is 0. The van der Waals surface area contributed by atoms with Crippen molar-refractivity contribution in [3.05, 3.63) is 34.9 Å². The third kappa shape index (κ3) is 2.99. The van der Waals surface area contributed by atoms with Crippen LogP contribution < -0.4 is 10.6 Å². The van der Waals surface area contributed by atoms with Gasteiger partial charge in [0.15, 0.2) is 0 Å². The molecule has 0 radical (unpaired) electrons. The van der Waals surface area contributed by atoms with Crippen LogP contribution in [0.1, 0.15) is 71.2 Å². The van der Waals surface area contributed by atoms with Crippen molar-refractivity contribution >= 4 is 23.8 Å². The molecule has 0 spiro atoms. The van der Waals surface area contributed by atoms with E-state index in [1.807, 2.05) is 6.07 Å². The van der Waals surface area contributed by atoms with Crippen molar-refractivity contribution in [3.8, 4) is 0 Å². The van der Waals surface area contributed by atoms with E-state index < -0.39 is 23.8 Å². The molecular weight excluding hydrogens is 396 g/mol. The molecule has 7 rings (SSSR count). The topological polar surface area (TPSA) is 98.8 Å². The fourth-order valence-corrected chi connectivity index (χ4v) is 6.97. The molecule has 2 N–H and O–H groups in total. The molecule has 1 aromatic rings. The van der Waals surface area contributed by atoms with Gasteiger partial charge in [0, 0.05) is 18.5 Å². The van der Waals surface area contributed by atoms with E-state index in [0.29, 0.717) is 17.7 Å². The second kappa shape index (κ2) is 6.63. The summed E-state index contributed by atoms with van der Waals surface area (Å²) in [6.45, 7) is 0.677. The highest BCUT2D eigenvalue weighted by Crippen LogP contribution is 2.55. The lowest BCUT2D eigenvalue weighted by molar-refractivity contribution is -0.122. The van der Waals surface area contributed by atoms with Crippen LogP contribution in [0.25, 0.3) is 0 Å². The summed E-state index contributed by atoms with van der Waals surface area (Å²) in [4.78, 5) is 49.4. The zero-order valence-corrected chi connectivity index (χ0v) is 17.4. The van der Waals surface area contributed by atoms with Gasteiger partial charge in [-0.25, -0.2) is 9.80 Å². The first kappa shape index (κ1) is 19.0. The standard InChI is InChI=1S/C23H26N4O4/c28-19-3-4-26(22(31)25-19)27-20(29)17-2-1-13(8-18(17)21(27)30)12-24-23-9-14-5-15(10-23)7-16(6-14)11-23/h1-2,8,14-16,24H,3-7,9-12H2,(H,25,28,31). The van der Waals surface area contributed by atoms with Crippen LogP contribution >= 0.6 is 0 Å². The van der Waals surface area contributed by atoms with E-state index >= 15 is 0 Å². The summed E-state index contributed by atoms with van der Waals surface area (Å²) < 4.78 is 0. The number of nitrogens with zero attached hydrogens (tertiary/aromatic N) is 2. The highest BCUT2D eigenvalue weighted by molar-refractivity contribution is 6.22. The Morgan fingerprint density at radius 2 is 1.58 bits per heavy atom. The number of nitrogens with one attached hydrogen (secondary N) is 2. The summed E-state index contributed by atoms with van der Waals surface area (Å²) in [5, 5.41) is 7.88. The molecule has 6 aliphatic rings. The van der Waals surface area contributed by atoms with Crippen molar-refractivity contribution in [2.24, 2.45) is 17.8 Å². The van der Waals surface area contributed by atoms with E-state index in [9.17, 15) is 19.2 Å². The van der Waals surface area contributed by atoms with Crippen molar-refractivity contribution in [2.75, 3.05) is 6.54 Å². The molecule has 4 saturated carbocycles. The number of benzene rings is 1. The van der Waals surface area contributed by atoms with Gasteiger partial charge in [0.25, 0.3) is 11.8 Å². The Labute approximate surface area is 180 Å². The first-order chi connectivity index (χ1) is 14.9. The number of hydrazine groups is 1. The minimum Gasteiger partial charge on any atom is -0.307 e. The second-order valence-corrected chi connectivity index (χ2v) is 10.1. The first-order valence-electron chi connectivity index (χ1n) is 11.3.